The van der Waals surface area contributed by atoms with Crippen molar-refractivity contribution in [2.75, 3.05) is 4.90 Å². The first-order valence-electron chi connectivity index (χ1n) is 5.84. The van der Waals surface area contributed by atoms with Gasteiger partial charge in [0.15, 0.2) is 0 Å². The molecule has 19 heavy (non-hydrogen) atoms. The maximum atomic E-state index is 13.2. The Morgan fingerprint density at radius 3 is 2.79 bits per heavy atom. The van der Waals surface area contributed by atoms with Crippen molar-refractivity contribution in [2.24, 2.45) is 0 Å². The number of para-hydroxylation sites is 1. The predicted molar refractivity (Wildman–Crippen MR) is 70.6 cm³/mol. The summed E-state index contributed by atoms with van der Waals surface area (Å²) in [6, 6.07) is 13.7. The van der Waals surface area contributed by atoms with Crippen molar-refractivity contribution in [3.8, 4) is 6.07 Å². The van der Waals surface area contributed by atoms with E-state index in [-0.39, 0.29) is 11.7 Å². The zero-order valence-electron chi connectivity index (χ0n) is 10.0. The molecule has 0 aliphatic carbocycles. The van der Waals surface area contributed by atoms with E-state index in [9.17, 15) is 4.39 Å². The summed E-state index contributed by atoms with van der Waals surface area (Å²) in [5.41, 5.74) is 2.69. The molecule has 4 heteroatoms. The predicted octanol–water partition coefficient (Wildman–Crippen LogP) is 3.04. The van der Waals surface area contributed by atoms with Crippen molar-refractivity contribution in [3.63, 3.8) is 0 Å². The number of hydrogen-bond donors (Lipinski definition) is 1. The zero-order chi connectivity index (χ0) is 13.4. The number of hydrogen-bond acceptors (Lipinski definition) is 2. The van der Waals surface area contributed by atoms with Crippen LogP contribution in [0.25, 0.3) is 0 Å². The molecule has 0 radical (unpaired) electrons. The van der Waals surface area contributed by atoms with Crippen molar-refractivity contribution in [3.05, 3.63) is 65.0 Å². The summed E-state index contributed by atoms with van der Waals surface area (Å²) in [5.74, 6) is -0.115. The first-order valence-corrected chi connectivity index (χ1v) is 5.84. The quantitative estimate of drug-likeness (QED) is 0.846. The molecule has 0 spiro atoms. The van der Waals surface area contributed by atoms with Crippen LogP contribution in [0.2, 0.25) is 0 Å². The minimum absolute atomic E-state index is 0.234. The molecule has 2 aromatic carbocycles. The van der Waals surface area contributed by atoms with Gasteiger partial charge in [0.1, 0.15) is 17.7 Å². The molecular formula is C15H10FN3. The standard InChI is InChI=1S/C15H10FN3/c16-12-6-5-11-9-19(15(18)13(11)7-12)14-4-2-1-3-10(14)8-17/h1-7,18H,9H2. The average molecular weight is 251 g/mol. The molecule has 0 amide bonds. The second-order valence-electron chi connectivity index (χ2n) is 4.37. The van der Waals surface area contributed by atoms with Crippen LogP contribution in [0.4, 0.5) is 10.1 Å². The lowest BCUT2D eigenvalue weighted by atomic mass is 10.1. The highest BCUT2D eigenvalue weighted by molar-refractivity contribution is 6.12. The smallest absolute Gasteiger partial charge is 0.133 e. The Hall–Kier alpha value is -2.67. The van der Waals surface area contributed by atoms with E-state index in [1.165, 1.54) is 12.1 Å². The van der Waals surface area contributed by atoms with E-state index in [1.807, 2.05) is 6.07 Å². The molecule has 0 saturated heterocycles. The van der Waals surface area contributed by atoms with Crippen LogP contribution in [0.15, 0.2) is 42.5 Å². The van der Waals surface area contributed by atoms with Gasteiger partial charge in [-0.2, -0.15) is 5.26 Å². The van der Waals surface area contributed by atoms with Gasteiger partial charge in [-0.1, -0.05) is 18.2 Å². The summed E-state index contributed by atoms with van der Waals surface area (Å²) in [4.78, 5) is 1.72. The molecule has 0 aromatic heterocycles. The third-order valence-corrected chi connectivity index (χ3v) is 3.24. The van der Waals surface area contributed by atoms with Crippen LogP contribution in [-0.4, -0.2) is 5.84 Å². The number of anilines is 1. The molecule has 92 valence electrons. The van der Waals surface area contributed by atoms with Crippen LogP contribution in [0, 0.1) is 22.6 Å². The summed E-state index contributed by atoms with van der Waals surface area (Å²) in [6.07, 6.45) is 0. The summed E-state index contributed by atoms with van der Waals surface area (Å²) in [7, 11) is 0. The number of nitrogens with zero attached hydrogens (tertiary/aromatic N) is 2. The number of fused-ring (bicyclic) bond motifs is 1. The minimum atomic E-state index is -0.348. The molecule has 0 bridgehead atoms. The molecule has 0 saturated carbocycles. The molecule has 1 aliphatic rings. The van der Waals surface area contributed by atoms with Gasteiger partial charge in [0.25, 0.3) is 0 Å². The van der Waals surface area contributed by atoms with Gasteiger partial charge in [-0.25, -0.2) is 4.39 Å². The second kappa shape index (κ2) is 4.21. The SMILES string of the molecule is N#Cc1ccccc1N1Cc2ccc(F)cc2C1=N. The van der Waals surface area contributed by atoms with E-state index in [4.69, 9.17) is 10.7 Å². The fraction of sp³-hybridized carbons (Fsp3) is 0.0667. The average Bonchev–Trinajstić information content (AvgIpc) is 2.76. The van der Waals surface area contributed by atoms with E-state index in [1.54, 1.807) is 29.2 Å². The van der Waals surface area contributed by atoms with Gasteiger partial charge >= 0.3 is 0 Å². The van der Waals surface area contributed by atoms with Crippen LogP contribution in [0.1, 0.15) is 16.7 Å². The monoisotopic (exact) mass is 251 g/mol. The molecular weight excluding hydrogens is 241 g/mol. The van der Waals surface area contributed by atoms with Crippen molar-refractivity contribution >= 4 is 11.5 Å². The van der Waals surface area contributed by atoms with Crippen molar-refractivity contribution in [2.45, 2.75) is 6.54 Å². The number of nitrogens with one attached hydrogen (secondary N) is 1. The van der Waals surface area contributed by atoms with E-state index < -0.39 is 0 Å². The van der Waals surface area contributed by atoms with Crippen molar-refractivity contribution in [1.82, 2.24) is 0 Å². The summed E-state index contributed by atoms with van der Waals surface area (Å²) < 4.78 is 13.2. The molecule has 0 atom stereocenters. The summed E-state index contributed by atoms with van der Waals surface area (Å²) in [5, 5.41) is 17.3. The maximum Gasteiger partial charge on any atom is 0.133 e. The topological polar surface area (TPSA) is 50.9 Å². The lowest BCUT2D eigenvalue weighted by molar-refractivity contribution is 0.627. The zero-order valence-corrected chi connectivity index (χ0v) is 10.0. The molecule has 2 aromatic rings. The van der Waals surface area contributed by atoms with Gasteiger partial charge in [0.05, 0.1) is 17.8 Å². The second-order valence-corrected chi connectivity index (χ2v) is 4.37. The van der Waals surface area contributed by atoms with Crippen LogP contribution in [-0.2, 0) is 6.54 Å². The molecule has 1 aliphatic heterocycles. The van der Waals surface area contributed by atoms with Crippen molar-refractivity contribution in [1.29, 1.82) is 10.7 Å². The molecule has 3 nitrogen and oxygen atoms in total. The van der Waals surface area contributed by atoms with E-state index in [0.717, 1.165) is 5.56 Å². The normalized spacial score (nSPS) is 13.3. The van der Waals surface area contributed by atoms with Gasteiger partial charge in [-0.15, -0.1) is 0 Å². The fourth-order valence-corrected chi connectivity index (χ4v) is 2.31. The van der Waals surface area contributed by atoms with Gasteiger partial charge in [0, 0.05) is 5.56 Å². The molecule has 0 fully saturated rings. The van der Waals surface area contributed by atoms with Gasteiger partial charge in [-0.05, 0) is 29.8 Å². The van der Waals surface area contributed by atoms with E-state index >= 15 is 0 Å². The Kier molecular flexibility index (Phi) is 2.53. The third-order valence-electron chi connectivity index (χ3n) is 3.24. The van der Waals surface area contributed by atoms with Crippen LogP contribution in [0.3, 0.4) is 0 Å². The van der Waals surface area contributed by atoms with Crippen LogP contribution >= 0.6 is 0 Å². The highest BCUT2D eigenvalue weighted by Crippen LogP contribution is 2.30. The maximum absolute atomic E-state index is 13.2. The Morgan fingerprint density at radius 2 is 2.00 bits per heavy atom. The van der Waals surface area contributed by atoms with Gasteiger partial charge < -0.3 is 4.90 Å². The fourth-order valence-electron chi connectivity index (χ4n) is 2.31. The number of halogens is 1. The third kappa shape index (κ3) is 1.76. The number of rotatable bonds is 1. The first kappa shape index (κ1) is 11.4. The Morgan fingerprint density at radius 1 is 1.21 bits per heavy atom. The lowest BCUT2D eigenvalue weighted by Crippen LogP contribution is -2.23. The largest absolute Gasteiger partial charge is 0.321 e. The molecule has 1 N–H and O–H groups in total. The molecule has 1 heterocycles. The summed E-state index contributed by atoms with van der Waals surface area (Å²) in [6.45, 7) is 0.493. The molecule has 0 unspecified atom stereocenters. The molecule has 3 rings (SSSR count). The Labute approximate surface area is 110 Å². The first-order chi connectivity index (χ1) is 9.20. The minimum Gasteiger partial charge on any atom is -0.321 e. The van der Waals surface area contributed by atoms with Crippen LogP contribution in [0.5, 0.6) is 0 Å². The summed E-state index contributed by atoms with van der Waals surface area (Å²) >= 11 is 0. The van der Waals surface area contributed by atoms with Crippen LogP contribution < -0.4 is 4.90 Å². The Bertz CT molecular complexity index is 716. The highest BCUT2D eigenvalue weighted by atomic mass is 19.1. The lowest BCUT2D eigenvalue weighted by Gasteiger charge is -2.19. The Balaban J connectivity index is 2.07. The number of benzene rings is 2. The highest BCUT2D eigenvalue weighted by Gasteiger charge is 2.27. The number of amidine groups is 1. The van der Waals surface area contributed by atoms with Gasteiger partial charge in [-0.3, -0.25) is 5.41 Å². The van der Waals surface area contributed by atoms with Crippen molar-refractivity contribution < 1.29 is 4.39 Å². The number of nitriles is 1. The van der Waals surface area contributed by atoms with E-state index in [0.29, 0.717) is 23.4 Å². The van der Waals surface area contributed by atoms with E-state index in [2.05, 4.69) is 6.07 Å². The van der Waals surface area contributed by atoms with Gasteiger partial charge in [0.2, 0.25) is 0 Å².